The molecule has 0 aliphatic carbocycles. The largest absolute Gasteiger partial charge is 0.494 e. The summed E-state index contributed by atoms with van der Waals surface area (Å²) in [7, 11) is 4.21. The average Bonchev–Trinajstić information content (AvgIpc) is 2.52. The molecule has 2 amide bonds. The second-order valence-electron chi connectivity index (χ2n) is 4.73. The molecular formula is C15H19FN2O5. The van der Waals surface area contributed by atoms with E-state index in [0.29, 0.717) is 5.56 Å². The number of rotatable bonds is 7. The number of nitrogens with zero attached hydrogens (tertiary/aromatic N) is 1. The van der Waals surface area contributed by atoms with Gasteiger partial charge in [-0.2, -0.15) is 0 Å². The summed E-state index contributed by atoms with van der Waals surface area (Å²) in [6.07, 6.45) is -0.173. The van der Waals surface area contributed by atoms with Gasteiger partial charge >= 0.3 is 5.97 Å². The first-order valence-corrected chi connectivity index (χ1v) is 6.80. The maximum absolute atomic E-state index is 13.5. The van der Waals surface area contributed by atoms with Gasteiger partial charge in [-0.05, 0) is 17.7 Å². The number of methoxy groups -OCH3 is 1. The molecule has 1 aromatic carbocycles. The highest BCUT2D eigenvalue weighted by Crippen LogP contribution is 2.18. The van der Waals surface area contributed by atoms with Gasteiger partial charge in [0.25, 0.3) is 5.91 Å². The average molecular weight is 326 g/mol. The van der Waals surface area contributed by atoms with Gasteiger partial charge in [0.1, 0.15) is 0 Å². The molecule has 1 rings (SSSR count). The zero-order valence-electron chi connectivity index (χ0n) is 13.2. The van der Waals surface area contributed by atoms with Crippen LogP contribution in [0.2, 0.25) is 0 Å². The number of carbonyl (C=O) groups is 3. The minimum absolute atomic E-state index is 0.0770. The third-order valence-electron chi connectivity index (χ3n) is 3.01. The van der Waals surface area contributed by atoms with E-state index in [0.717, 1.165) is 4.90 Å². The Bertz CT molecular complexity index is 591. The summed E-state index contributed by atoms with van der Waals surface area (Å²) in [4.78, 5) is 35.6. The van der Waals surface area contributed by atoms with Crippen LogP contribution in [0.3, 0.4) is 0 Å². The molecule has 0 saturated carbocycles. The molecule has 0 radical (unpaired) electrons. The van der Waals surface area contributed by atoms with Crippen molar-refractivity contribution in [1.29, 1.82) is 0 Å². The van der Waals surface area contributed by atoms with Crippen molar-refractivity contribution in [3.05, 3.63) is 29.6 Å². The molecule has 8 heteroatoms. The van der Waals surface area contributed by atoms with Crippen LogP contribution in [0.15, 0.2) is 18.2 Å². The summed E-state index contributed by atoms with van der Waals surface area (Å²) >= 11 is 0. The van der Waals surface area contributed by atoms with Gasteiger partial charge in [0.05, 0.1) is 20.1 Å². The molecule has 1 aromatic rings. The SMILES string of the molecule is CNC(=O)CN(C)C(=O)COC(=O)Cc1ccc(OC)c(F)c1. The standard InChI is InChI=1S/C15H19FN2O5/c1-17-13(19)8-18(2)14(20)9-23-15(21)7-10-4-5-12(22-3)11(16)6-10/h4-6H,7-9H2,1-3H3,(H,17,19). The van der Waals surface area contributed by atoms with Crippen molar-refractivity contribution < 1.29 is 28.2 Å². The van der Waals surface area contributed by atoms with Gasteiger partial charge in [0, 0.05) is 14.1 Å². The summed E-state index contributed by atoms with van der Waals surface area (Å²) < 4.78 is 23.1. The number of halogens is 1. The van der Waals surface area contributed by atoms with Crippen molar-refractivity contribution in [3.63, 3.8) is 0 Å². The molecule has 0 aliphatic rings. The number of nitrogens with one attached hydrogen (secondary N) is 1. The Hall–Kier alpha value is -2.64. The number of carbonyl (C=O) groups excluding carboxylic acids is 3. The van der Waals surface area contributed by atoms with E-state index in [1.165, 1.54) is 39.4 Å². The number of likely N-dealkylation sites (N-methyl/N-ethyl adjacent to an activating group) is 2. The van der Waals surface area contributed by atoms with Gasteiger partial charge < -0.3 is 19.7 Å². The monoisotopic (exact) mass is 326 g/mol. The second-order valence-corrected chi connectivity index (χ2v) is 4.73. The fraction of sp³-hybridized carbons (Fsp3) is 0.400. The van der Waals surface area contributed by atoms with Crippen LogP contribution in [0.4, 0.5) is 4.39 Å². The van der Waals surface area contributed by atoms with Gasteiger partial charge in [-0.1, -0.05) is 6.07 Å². The molecule has 0 aromatic heterocycles. The van der Waals surface area contributed by atoms with E-state index in [-0.39, 0.29) is 24.6 Å². The summed E-state index contributed by atoms with van der Waals surface area (Å²) in [6.45, 7) is -0.610. The Balaban J connectivity index is 2.46. The molecule has 0 fully saturated rings. The Morgan fingerprint density at radius 3 is 2.57 bits per heavy atom. The van der Waals surface area contributed by atoms with Crippen LogP contribution in [0.1, 0.15) is 5.56 Å². The molecule has 7 nitrogen and oxygen atoms in total. The van der Waals surface area contributed by atoms with Gasteiger partial charge in [0.2, 0.25) is 5.91 Å². The van der Waals surface area contributed by atoms with Crippen molar-refractivity contribution in [3.8, 4) is 5.75 Å². The van der Waals surface area contributed by atoms with Crippen molar-refractivity contribution in [2.75, 3.05) is 34.4 Å². The summed E-state index contributed by atoms with van der Waals surface area (Å²) in [5.41, 5.74) is 0.402. The zero-order chi connectivity index (χ0) is 17.4. The Morgan fingerprint density at radius 2 is 2.00 bits per heavy atom. The Kier molecular flexibility index (Phi) is 6.98. The lowest BCUT2D eigenvalue weighted by Crippen LogP contribution is -2.39. The molecule has 126 valence electrons. The van der Waals surface area contributed by atoms with Crippen LogP contribution >= 0.6 is 0 Å². The minimum atomic E-state index is -0.670. The van der Waals surface area contributed by atoms with E-state index in [4.69, 9.17) is 9.47 Å². The van der Waals surface area contributed by atoms with E-state index in [1.54, 1.807) is 0 Å². The fourth-order valence-corrected chi connectivity index (χ4v) is 1.67. The summed E-state index contributed by atoms with van der Waals surface area (Å²) in [5, 5.41) is 2.38. The molecule has 1 N–H and O–H groups in total. The third kappa shape index (κ3) is 5.93. The van der Waals surface area contributed by atoms with Crippen LogP contribution in [0.25, 0.3) is 0 Å². The van der Waals surface area contributed by atoms with Crippen molar-refractivity contribution in [2.24, 2.45) is 0 Å². The van der Waals surface area contributed by atoms with Gasteiger partial charge in [-0.25, -0.2) is 4.39 Å². The lowest BCUT2D eigenvalue weighted by atomic mass is 10.1. The number of esters is 1. The first-order chi connectivity index (χ1) is 10.9. The highest BCUT2D eigenvalue weighted by atomic mass is 19.1. The van der Waals surface area contributed by atoms with E-state index in [9.17, 15) is 18.8 Å². The van der Waals surface area contributed by atoms with Crippen LogP contribution in [-0.2, 0) is 25.5 Å². The fourth-order valence-electron chi connectivity index (χ4n) is 1.67. The topological polar surface area (TPSA) is 84.9 Å². The van der Waals surface area contributed by atoms with E-state index < -0.39 is 24.3 Å². The summed E-state index contributed by atoms with van der Waals surface area (Å²) in [6, 6.07) is 4.10. The molecule has 0 spiro atoms. The molecule has 0 atom stereocenters. The maximum atomic E-state index is 13.5. The van der Waals surface area contributed by atoms with E-state index >= 15 is 0 Å². The first kappa shape index (κ1) is 18.4. The van der Waals surface area contributed by atoms with Gasteiger partial charge in [-0.3, -0.25) is 14.4 Å². The number of amides is 2. The quantitative estimate of drug-likeness (QED) is 0.720. The van der Waals surface area contributed by atoms with Crippen molar-refractivity contribution in [2.45, 2.75) is 6.42 Å². The smallest absolute Gasteiger partial charge is 0.310 e. The normalized spacial score (nSPS) is 9.91. The second kappa shape index (κ2) is 8.72. The number of benzene rings is 1. The predicted octanol–water partition coefficient (Wildman–Crippen LogP) is 0.124. The minimum Gasteiger partial charge on any atom is -0.494 e. The molecule has 0 saturated heterocycles. The Labute approximate surface area is 133 Å². The van der Waals surface area contributed by atoms with Crippen molar-refractivity contribution >= 4 is 17.8 Å². The maximum Gasteiger partial charge on any atom is 0.310 e. The molecule has 23 heavy (non-hydrogen) atoms. The lowest BCUT2D eigenvalue weighted by molar-refractivity contribution is -0.151. The van der Waals surface area contributed by atoms with E-state index in [2.05, 4.69) is 5.32 Å². The van der Waals surface area contributed by atoms with Crippen molar-refractivity contribution in [1.82, 2.24) is 10.2 Å². The predicted molar refractivity (Wildman–Crippen MR) is 79.3 cm³/mol. The highest BCUT2D eigenvalue weighted by Gasteiger charge is 2.15. The van der Waals surface area contributed by atoms with Gasteiger partial charge in [-0.15, -0.1) is 0 Å². The number of ether oxygens (including phenoxy) is 2. The molecule has 0 heterocycles. The molecule has 0 bridgehead atoms. The molecule has 0 unspecified atom stereocenters. The van der Waals surface area contributed by atoms with E-state index in [1.807, 2.05) is 0 Å². The zero-order valence-corrected chi connectivity index (χ0v) is 13.2. The molecular weight excluding hydrogens is 307 g/mol. The Morgan fingerprint density at radius 1 is 1.30 bits per heavy atom. The third-order valence-corrected chi connectivity index (χ3v) is 3.01. The highest BCUT2D eigenvalue weighted by molar-refractivity contribution is 5.86. The number of hydrogen-bond donors (Lipinski definition) is 1. The van der Waals surface area contributed by atoms with Crippen LogP contribution in [0, 0.1) is 5.82 Å². The van der Waals surface area contributed by atoms with Crippen LogP contribution in [-0.4, -0.2) is 57.0 Å². The van der Waals surface area contributed by atoms with Gasteiger partial charge in [0.15, 0.2) is 18.2 Å². The summed E-state index contributed by atoms with van der Waals surface area (Å²) in [5.74, 6) is -2.02. The van der Waals surface area contributed by atoms with Crippen LogP contribution < -0.4 is 10.1 Å². The first-order valence-electron chi connectivity index (χ1n) is 6.80. The number of hydrogen-bond acceptors (Lipinski definition) is 5. The van der Waals surface area contributed by atoms with Crippen LogP contribution in [0.5, 0.6) is 5.75 Å². The molecule has 0 aliphatic heterocycles. The lowest BCUT2D eigenvalue weighted by Gasteiger charge is -2.15.